The molecule has 0 spiro atoms. The summed E-state index contributed by atoms with van der Waals surface area (Å²) in [5.41, 5.74) is 5.37. The molecule has 0 fully saturated rings. The Balaban J connectivity index is 2.77. The molecule has 0 unspecified atom stereocenters. The summed E-state index contributed by atoms with van der Waals surface area (Å²) in [6, 6.07) is 10.1. The highest BCUT2D eigenvalue weighted by Crippen LogP contribution is 2.05. The van der Waals surface area contributed by atoms with Crippen LogP contribution in [-0.4, -0.2) is 0 Å². The largest absolute Gasteiger partial charge is 0.113 e. The highest BCUT2D eigenvalue weighted by molar-refractivity contribution is 5.40. The van der Waals surface area contributed by atoms with Gasteiger partial charge in [-0.2, -0.15) is 0 Å². The van der Waals surface area contributed by atoms with Crippen molar-refractivity contribution in [1.29, 1.82) is 0 Å². The van der Waals surface area contributed by atoms with Gasteiger partial charge in [0.2, 0.25) is 0 Å². The number of benzene rings is 1. The molecule has 1 aromatic carbocycles. The van der Waals surface area contributed by atoms with Crippen molar-refractivity contribution in [2.75, 3.05) is 0 Å². The van der Waals surface area contributed by atoms with Gasteiger partial charge in [0, 0.05) is 11.1 Å². The lowest BCUT2D eigenvalue weighted by Crippen LogP contribution is -1.79. The van der Waals surface area contributed by atoms with Gasteiger partial charge in [0.25, 0.3) is 0 Å². The molecular formula is C16H18. The fourth-order valence-corrected chi connectivity index (χ4v) is 1.37. The summed E-state index contributed by atoms with van der Waals surface area (Å²) >= 11 is 0. The number of hydrogen-bond donors (Lipinski definition) is 0. The molecule has 0 nitrogen and oxygen atoms in total. The maximum Gasteiger partial charge on any atom is 0.0438 e. The van der Waals surface area contributed by atoms with Crippen molar-refractivity contribution in [3.8, 4) is 11.8 Å². The maximum atomic E-state index is 3.21. The summed E-state index contributed by atoms with van der Waals surface area (Å²) in [7, 11) is 0. The molecule has 0 aromatic heterocycles. The van der Waals surface area contributed by atoms with Crippen LogP contribution in [0.2, 0.25) is 0 Å². The van der Waals surface area contributed by atoms with Crippen molar-refractivity contribution in [3.63, 3.8) is 0 Å². The fraction of sp³-hybridized carbons (Fsp3) is 0.312. The summed E-state index contributed by atoms with van der Waals surface area (Å²) in [5.74, 6) is 6.36. The Morgan fingerprint density at radius 3 is 2.62 bits per heavy atom. The van der Waals surface area contributed by atoms with Crippen molar-refractivity contribution in [3.05, 3.63) is 53.3 Å². The average Bonchev–Trinajstić information content (AvgIpc) is 2.34. The number of rotatable bonds is 3. The minimum atomic E-state index is 1.03. The molecule has 0 heterocycles. The molecule has 0 saturated heterocycles. The molecule has 16 heavy (non-hydrogen) atoms. The second kappa shape index (κ2) is 7.57. The number of hydrogen-bond acceptors (Lipinski definition) is 0. The summed E-state index contributed by atoms with van der Waals surface area (Å²) in [5, 5.41) is 0. The van der Waals surface area contributed by atoms with E-state index in [2.05, 4.69) is 24.5 Å². The van der Waals surface area contributed by atoms with E-state index in [1.165, 1.54) is 12.8 Å². The summed E-state index contributed by atoms with van der Waals surface area (Å²) in [4.78, 5) is 0. The van der Waals surface area contributed by atoms with E-state index in [-0.39, 0.29) is 0 Å². The van der Waals surface area contributed by atoms with E-state index in [1.807, 2.05) is 43.3 Å². The van der Waals surface area contributed by atoms with E-state index in [1.54, 1.807) is 0 Å². The first-order chi connectivity index (χ1) is 7.86. The predicted octanol–water partition coefficient (Wildman–Crippen LogP) is 4.33. The van der Waals surface area contributed by atoms with Crippen molar-refractivity contribution in [1.82, 2.24) is 0 Å². The van der Waals surface area contributed by atoms with Crippen molar-refractivity contribution >= 4 is 0 Å². The molecular weight excluding hydrogens is 192 g/mol. The van der Waals surface area contributed by atoms with Gasteiger partial charge in [0.15, 0.2) is 0 Å². The lowest BCUT2D eigenvalue weighted by atomic mass is 10.1. The van der Waals surface area contributed by atoms with Gasteiger partial charge in [0.1, 0.15) is 0 Å². The Hall–Kier alpha value is -1.70. The summed E-state index contributed by atoms with van der Waals surface area (Å²) < 4.78 is 0. The predicted molar refractivity (Wildman–Crippen MR) is 70.1 cm³/mol. The Morgan fingerprint density at radius 2 is 2.00 bits per heavy atom. The Bertz CT molecular complexity index is 420. The average molecular weight is 210 g/mol. The molecule has 0 bridgehead atoms. The molecule has 0 amide bonds. The topological polar surface area (TPSA) is 0 Å². The van der Waals surface area contributed by atoms with Gasteiger partial charge < -0.3 is 0 Å². The molecule has 1 rings (SSSR count). The van der Waals surface area contributed by atoms with Gasteiger partial charge in [-0.1, -0.05) is 43.4 Å². The lowest BCUT2D eigenvalue weighted by molar-refractivity contribution is 0.802. The summed E-state index contributed by atoms with van der Waals surface area (Å²) in [6.45, 7) is 4.17. The van der Waals surface area contributed by atoms with Gasteiger partial charge in [-0.25, -0.2) is 0 Å². The van der Waals surface area contributed by atoms with Gasteiger partial charge in [-0.05, 0) is 38.0 Å². The van der Waals surface area contributed by atoms with Crippen LogP contribution in [0, 0.1) is 11.8 Å². The minimum Gasteiger partial charge on any atom is -0.113 e. The van der Waals surface area contributed by atoms with Crippen LogP contribution in [0.1, 0.15) is 38.7 Å². The Morgan fingerprint density at radius 1 is 1.25 bits per heavy atom. The molecule has 0 aliphatic carbocycles. The Labute approximate surface area is 98.7 Å². The second-order valence-corrected chi connectivity index (χ2v) is 3.63. The molecule has 0 radical (unpaired) electrons. The first-order valence-electron chi connectivity index (χ1n) is 5.84. The zero-order valence-corrected chi connectivity index (χ0v) is 10.1. The van der Waals surface area contributed by atoms with E-state index < -0.39 is 0 Å². The smallest absolute Gasteiger partial charge is 0.0438 e. The molecule has 0 atom stereocenters. The number of allylic oxidation sites excluding steroid dienone is 1. The van der Waals surface area contributed by atoms with Gasteiger partial charge in [0.05, 0.1) is 0 Å². The third-order valence-corrected chi connectivity index (χ3v) is 2.23. The minimum absolute atomic E-state index is 1.03. The highest BCUT2D eigenvalue weighted by Gasteiger charge is 1.90. The monoisotopic (exact) mass is 210 g/mol. The van der Waals surface area contributed by atoms with Gasteiger partial charge >= 0.3 is 0 Å². The molecule has 0 heteroatoms. The van der Waals surface area contributed by atoms with Crippen LogP contribution in [0.3, 0.4) is 0 Å². The molecule has 0 aliphatic rings. The van der Waals surface area contributed by atoms with Crippen LogP contribution in [0.4, 0.5) is 0 Å². The van der Waals surface area contributed by atoms with E-state index in [9.17, 15) is 0 Å². The first kappa shape index (κ1) is 12.4. The zero-order chi connectivity index (χ0) is 11.6. The van der Waals surface area contributed by atoms with Crippen LogP contribution in [-0.2, 0) is 0 Å². The van der Waals surface area contributed by atoms with Gasteiger partial charge in [-0.15, -0.1) is 5.73 Å². The van der Waals surface area contributed by atoms with Crippen LogP contribution < -0.4 is 0 Å². The highest BCUT2D eigenvalue weighted by atomic mass is 13.9. The van der Waals surface area contributed by atoms with Crippen LogP contribution in [0.25, 0.3) is 0 Å². The summed E-state index contributed by atoms with van der Waals surface area (Å²) in [6.07, 6.45) is 5.34. The molecule has 0 saturated carbocycles. The molecule has 0 N–H and O–H groups in total. The zero-order valence-electron chi connectivity index (χ0n) is 10.1. The second-order valence-electron chi connectivity index (χ2n) is 3.63. The van der Waals surface area contributed by atoms with Gasteiger partial charge in [-0.3, -0.25) is 0 Å². The SMILES string of the molecule is CC=C=C(C#Cc1ccccc1)CCCC. The fourth-order valence-electron chi connectivity index (χ4n) is 1.37. The van der Waals surface area contributed by atoms with Crippen LogP contribution in [0.15, 0.2) is 47.7 Å². The van der Waals surface area contributed by atoms with Crippen molar-refractivity contribution in [2.24, 2.45) is 0 Å². The quantitative estimate of drug-likeness (QED) is 0.514. The molecule has 1 aromatic rings. The van der Waals surface area contributed by atoms with Crippen molar-refractivity contribution in [2.45, 2.75) is 33.1 Å². The van der Waals surface area contributed by atoms with Crippen molar-refractivity contribution < 1.29 is 0 Å². The third kappa shape index (κ3) is 4.69. The molecule has 0 aliphatic heterocycles. The standard InChI is InChI=1S/C16H18/c1-3-5-10-15(9-4-2)13-14-16-11-7-6-8-12-16/h4,6-8,11-12H,3,5,10H2,1-2H3. The van der Waals surface area contributed by atoms with E-state index in [0.29, 0.717) is 0 Å². The van der Waals surface area contributed by atoms with Crippen LogP contribution in [0.5, 0.6) is 0 Å². The number of unbranched alkanes of at least 4 members (excludes halogenated alkanes) is 1. The normalized spacial score (nSPS) is 8.62. The lowest BCUT2D eigenvalue weighted by Gasteiger charge is -1.93. The van der Waals surface area contributed by atoms with E-state index >= 15 is 0 Å². The Kier molecular flexibility index (Phi) is 5.86. The van der Waals surface area contributed by atoms with E-state index in [4.69, 9.17) is 0 Å². The third-order valence-electron chi connectivity index (χ3n) is 2.23. The maximum absolute atomic E-state index is 3.21. The molecule has 82 valence electrons. The van der Waals surface area contributed by atoms with E-state index in [0.717, 1.165) is 17.6 Å². The van der Waals surface area contributed by atoms with Crippen LogP contribution >= 0.6 is 0 Å². The first-order valence-corrected chi connectivity index (χ1v) is 5.84.